The quantitative estimate of drug-likeness (QED) is 0.708. The van der Waals surface area contributed by atoms with Crippen molar-refractivity contribution in [3.63, 3.8) is 0 Å². The second kappa shape index (κ2) is 7.74. The Morgan fingerprint density at radius 3 is 2.70 bits per heavy atom. The van der Waals surface area contributed by atoms with Crippen molar-refractivity contribution in [2.45, 2.75) is 25.4 Å². The van der Waals surface area contributed by atoms with Gasteiger partial charge in [-0.15, -0.1) is 0 Å². The van der Waals surface area contributed by atoms with Crippen LogP contribution in [0.2, 0.25) is 10.0 Å². The topological polar surface area (TPSA) is 62.3 Å². The first-order chi connectivity index (χ1) is 14.2. The fourth-order valence-corrected chi connectivity index (χ4v) is 4.42. The molecule has 1 aromatic carbocycles. The predicted molar refractivity (Wildman–Crippen MR) is 107 cm³/mol. The number of fused-ring (bicyclic) bond motifs is 1. The van der Waals surface area contributed by atoms with Gasteiger partial charge in [-0.1, -0.05) is 23.2 Å². The van der Waals surface area contributed by atoms with E-state index < -0.39 is 29.5 Å². The number of nitrogens with zero attached hydrogens (tertiary/aromatic N) is 2. The molecule has 1 saturated carbocycles. The van der Waals surface area contributed by atoms with Crippen molar-refractivity contribution in [3.8, 4) is 0 Å². The van der Waals surface area contributed by atoms with Crippen molar-refractivity contribution in [2.75, 3.05) is 16.8 Å². The summed E-state index contributed by atoms with van der Waals surface area (Å²) < 4.78 is 39.3. The van der Waals surface area contributed by atoms with E-state index in [0.717, 1.165) is 30.7 Å². The lowest BCUT2D eigenvalue weighted by Crippen LogP contribution is -2.37. The Labute approximate surface area is 180 Å². The molecular formula is C20H16Cl2F3N3O2. The van der Waals surface area contributed by atoms with E-state index in [1.165, 1.54) is 0 Å². The second-order valence-electron chi connectivity index (χ2n) is 7.35. The number of alkyl halides is 3. The van der Waals surface area contributed by atoms with Crippen LogP contribution in [0.3, 0.4) is 0 Å². The molecule has 0 spiro atoms. The van der Waals surface area contributed by atoms with E-state index in [4.69, 9.17) is 23.2 Å². The minimum absolute atomic E-state index is 0.258. The van der Waals surface area contributed by atoms with Gasteiger partial charge in [0.2, 0.25) is 11.8 Å². The Hall–Kier alpha value is -2.32. The summed E-state index contributed by atoms with van der Waals surface area (Å²) in [5, 5.41) is 3.13. The molecule has 2 aliphatic rings. The Morgan fingerprint density at radius 1 is 1.20 bits per heavy atom. The van der Waals surface area contributed by atoms with E-state index in [9.17, 15) is 22.8 Å². The highest BCUT2D eigenvalue weighted by molar-refractivity contribution is 6.37. The number of benzene rings is 1. The maximum atomic E-state index is 13.1. The molecular weight excluding hydrogens is 442 g/mol. The van der Waals surface area contributed by atoms with Gasteiger partial charge in [0.25, 0.3) is 0 Å². The molecule has 2 aromatic rings. The van der Waals surface area contributed by atoms with Crippen molar-refractivity contribution in [1.29, 1.82) is 0 Å². The number of rotatable bonds is 3. The molecule has 2 amide bonds. The summed E-state index contributed by atoms with van der Waals surface area (Å²) in [5.41, 5.74) is 0.0503. The van der Waals surface area contributed by atoms with Crippen LogP contribution in [0.25, 0.3) is 0 Å². The number of carbonyl (C=O) groups excluding carboxylic acids is 2. The van der Waals surface area contributed by atoms with Crippen LogP contribution in [0.1, 0.15) is 24.0 Å². The second-order valence-corrected chi connectivity index (χ2v) is 8.19. The molecule has 1 N–H and O–H groups in total. The number of anilines is 2. The highest BCUT2D eigenvalue weighted by atomic mass is 35.5. The molecule has 30 heavy (non-hydrogen) atoms. The van der Waals surface area contributed by atoms with Crippen LogP contribution in [0.15, 0.2) is 30.6 Å². The average molecular weight is 458 g/mol. The highest BCUT2D eigenvalue weighted by Gasteiger charge is 2.50. The minimum Gasteiger partial charge on any atom is -0.325 e. The molecule has 158 valence electrons. The molecule has 0 bridgehead atoms. The first-order valence-electron chi connectivity index (χ1n) is 9.28. The van der Waals surface area contributed by atoms with Gasteiger partial charge in [-0.2, -0.15) is 13.2 Å². The Bertz CT molecular complexity index is 1030. The maximum Gasteiger partial charge on any atom is 0.419 e. The molecule has 0 radical (unpaired) electrons. The standard InChI is InChI=1S/C20H16Cl2F3N3O2/c21-11-6-10-2-1-5-28(17(10)15(22)7-11)19(30)13-8-12(13)18(29)27-16-3-4-26-9-14(16)20(23,24)25/h3-4,6-7,9,12-13H,1-2,5,8H2,(H,26,27,29). The van der Waals surface area contributed by atoms with Crippen LogP contribution in [-0.2, 0) is 22.2 Å². The van der Waals surface area contributed by atoms with Crippen molar-refractivity contribution in [3.05, 3.63) is 51.8 Å². The fourth-order valence-electron chi connectivity index (χ4n) is 3.78. The molecule has 1 aliphatic heterocycles. The average Bonchev–Trinajstić information content (AvgIpc) is 3.47. The largest absolute Gasteiger partial charge is 0.419 e. The summed E-state index contributed by atoms with van der Waals surface area (Å²) >= 11 is 12.4. The van der Waals surface area contributed by atoms with E-state index in [1.807, 2.05) is 0 Å². The summed E-state index contributed by atoms with van der Waals surface area (Å²) in [6, 6.07) is 4.42. The Balaban J connectivity index is 1.49. The third-order valence-electron chi connectivity index (χ3n) is 5.30. The number of hydrogen-bond acceptors (Lipinski definition) is 3. The van der Waals surface area contributed by atoms with Crippen molar-refractivity contribution in [1.82, 2.24) is 4.98 Å². The van der Waals surface area contributed by atoms with Gasteiger partial charge < -0.3 is 10.2 Å². The number of pyridine rings is 1. The number of carbonyl (C=O) groups is 2. The van der Waals surface area contributed by atoms with Crippen LogP contribution >= 0.6 is 23.2 Å². The molecule has 5 nitrogen and oxygen atoms in total. The Morgan fingerprint density at radius 2 is 1.97 bits per heavy atom. The van der Waals surface area contributed by atoms with E-state index in [1.54, 1.807) is 17.0 Å². The lowest BCUT2D eigenvalue weighted by Gasteiger charge is -2.31. The first-order valence-corrected chi connectivity index (χ1v) is 10.0. The van der Waals surface area contributed by atoms with Crippen LogP contribution in [0.4, 0.5) is 24.5 Å². The number of aryl methyl sites for hydroxylation is 1. The lowest BCUT2D eigenvalue weighted by atomic mass is 10.0. The number of hydrogen-bond donors (Lipinski definition) is 1. The molecule has 2 atom stereocenters. The predicted octanol–water partition coefficient (Wildman–Crippen LogP) is 4.96. The Kier molecular flexibility index (Phi) is 5.40. The van der Waals surface area contributed by atoms with Crippen LogP contribution in [0, 0.1) is 11.8 Å². The van der Waals surface area contributed by atoms with Crippen molar-refractivity contribution in [2.24, 2.45) is 11.8 Å². The van der Waals surface area contributed by atoms with Gasteiger partial charge >= 0.3 is 6.18 Å². The smallest absolute Gasteiger partial charge is 0.325 e. The van der Waals surface area contributed by atoms with Gasteiger partial charge in [-0.05, 0) is 43.0 Å². The van der Waals surface area contributed by atoms with Crippen LogP contribution < -0.4 is 10.2 Å². The third-order valence-corrected chi connectivity index (χ3v) is 5.81. The van der Waals surface area contributed by atoms with E-state index in [2.05, 4.69) is 10.3 Å². The number of amides is 2. The summed E-state index contributed by atoms with van der Waals surface area (Å²) in [4.78, 5) is 30.5. The summed E-state index contributed by atoms with van der Waals surface area (Å²) in [6.45, 7) is 0.459. The monoisotopic (exact) mass is 457 g/mol. The van der Waals surface area contributed by atoms with Crippen molar-refractivity contribution >= 4 is 46.4 Å². The van der Waals surface area contributed by atoms with Crippen LogP contribution in [0.5, 0.6) is 0 Å². The van der Waals surface area contributed by atoms with E-state index >= 15 is 0 Å². The SMILES string of the molecule is O=C(Nc1ccncc1C(F)(F)F)C1CC1C(=O)N1CCCc2cc(Cl)cc(Cl)c21. The summed E-state index contributed by atoms with van der Waals surface area (Å²) in [6.07, 6.45) is -1.10. The molecule has 10 heteroatoms. The van der Waals surface area contributed by atoms with Gasteiger partial charge in [-0.3, -0.25) is 14.6 Å². The minimum atomic E-state index is -4.65. The summed E-state index contributed by atoms with van der Waals surface area (Å²) in [5.74, 6) is -2.17. The maximum absolute atomic E-state index is 13.1. The van der Waals surface area contributed by atoms with E-state index in [-0.39, 0.29) is 18.0 Å². The van der Waals surface area contributed by atoms with Crippen molar-refractivity contribution < 1.29 is 22.8 Å². The molecule has 1 fully saturated rings. The summed E-state index contributed by atoms with van der Waals surface area (Å²) in [7, 11) is 0. The molecule has 0 saturated heterocycles. The van der Waals surface area contributed by atoms with E-state index in [0.29, 0.717) is 28.5 Å². The fraction of sp³-hybridized carbons (Fsp3) is 0.350. The molecule has 2 unspecified atom stereocenters. The number of nitrogens with one attached hydrogen (secondary N) is 1. The normalized spacial score (nSPS) is 20.5. The van der Waals surface area contributed by atoms with Crippen LogP contribution in [-0.4, -0.2) is 23.3 Å². The zero-order chi connectivity index (χ0) is 21.6. The number of aromatic nitrogens is 1. The lowest BCUT2D eigenvalue weighted by molar-refractivity contribution is -0.137. The van der Waals surface area contributed by atoms with Gasteiger partial charge in [0.15, 0.2) is 0 Å². The third kappa shape index (κ3) is 3.98. The highest BCUT2D eigenvalue weighted by Crippen LogP contribution is 2.45. The first kappa shape index (κ1) is 20.9. The molecule has 4 rings (SSSR count). The zero-order valence-corrected chi connectivity index (χ0v) is 17.0. The van der Waals surface area contributed by atoms with Gasteiger partial charge in [-0.25, -0.2) is 0 Å². The van der Waals surface area contributed by atoms with Gasteiger partial charge in [0.05, 0.1) is 33.8 Å². The molecule has 1 aliphatic carbocycles. The zero-order valence-electron chi connectivity index (χ0n) is 15.5. The molecule has 2 heterocycles. The molecule has 1 aromatic heterocycles. The van der Waals surface area contributed by atoms with Gasteiger partial charge in [0.1, 0.15) is 0 Å². The number of halogens is 5. The van der Waals surface area contributed by atoms with Gasteiger partial charge in [0, 0.05) is 24.0 Å².